The van der Waals surface area contributed by atoms with E-state index in [0.29, 0.717) is 11.2 Å². The van der Waals surface area contributed by atoms with Crippen LogP contribution in [0.2, 0.25) is 0 Å². The highest BCUT2D eigenvalue weighted by Gasteiger charge is 2.48. The average molecular weight is 281 g/mol. The average Bonchev–Trinajstić information content (AvgIpc) is 3.01. The van der Waals surface area contributed by atoms with Gasteiger partial charge in [0.05, 0.1) is 25.6 Å². The van der Waals surface area contributed by atoms with Gasteiger partial charge in [0.25, 0.3) is 0 Å². The zero-order chi connectivity index (χ0) is 14.3. The van der Waals surface area contributed by atoms with Crippen LogP contribution in [0.15, 0.2) is 12.7 Å². The van der Waals surface area contributed by atoms with Gasteiger partial charge >= 0.3 is 0 Å². The minimum absolute atomic E-state index is 0.205. The van der Waals surface area contributed by atoms with Crippen molar-refractivity contribution in [3.8, 4) is 0 Å². The summed E-state index contributed by atoms with van der Waals surface area (Å²) in [4.78, 5) is 12.1. The molecule has 0 aromatic carbocycles. The van der Waals surface area contributed by atoms with Gasteiger partial charge in [-0.3, -0.25) is 4.57 Å². The van der Waals surface area contributed by atoms with Crippen molar-refractivity contribution in [2.75, 3.05) is 18.9 Å². The van der Waals surface area contributed by atoms with Gasteiger partial charge in [-0.25, -0.2) is 15.0 Å². The summed E-state index contributed by atoms with van der Waals surface area (Å²) in [6, 6.07) is 0. The smallest absolute Gasteiger partial charge is 0.167 e. The standard InChI is InChI=1S/C11H15N5O4/c12-9-8-10(14-4-13-9)16(5-15-8)7-1-6(19)11(2-17,3-18)20-7/h4-7,17-19H,1-3H2,(H2,12,13,14)/t6-,7+/m0/s1. The quantitative estimate of drug-likeness (QED) is 0.528. The molecule has 1 aliphatic rings. The SMILES string of the molecule is Nc1ncnc2c1ncn2[C@H]1C[C@H](O)C(CO)(CO)O1. The number of hydrogen-bond donors (Lipinski definition) is 4. The Morgan fingerprint density at radius 2 is 2.10 bits per heavy atom. The summed E-state index contributed by atoms with van der Waals surface area (Å²) in [6.07, 6.45) is 1.42. The van der Waals surface area contributed by atoms with Crippen molar-refractivity contribution in [1.82, 2.24) is 19.5 Å². The van der Waals surface area contributed by atoms with Crippen LogP contribution in [0.5, 0.6) is 0 Å². The van der Waals surface area contributed by atoms with Crippen LogP contribution in [0.3, 0.4) is 0 Å². The second-order valence-electron chi connectivity index (χ2n) is 4.79. The Hall–Kier alpha value is -1.81. The molecule has 2 atom stereocenters. The number of aliphatic hydroxyl groups is 3. The molecule has 5 N–H and O–H groups in total. The van der Waals surface area contributed by atoms with Crippen LogP contribution >= 0.6 is 0 Å². The molecule has 2 aromatic rings. The largest absolute Gasteiger partial charge is 0.393 e. The van der Waals surface area contributed by atoms with Crippen molar-refractivity contribution in [1.29, 1.82) is 0 Å². The fourth-order valence-corrected chi connectivity index (χ4v) is 2.39. The van der Waals surface area contributed by atoms with E-state index in [1.807, 2.05) is 0 Å². The lowest BCUT2D eigenvalue weighted by Crippen LogP contribution is -2.46. The van der Waals surface area contributed by atoms with Gasteiger partial charge in [0.15, 0.2) is 11.5 Å². The molecular formula is C11H15N5O4. The number of imidazole rings is 1. The highest BCUT2D eigenvalue weighted by Crippen LogP contribution is 2.37. The fraction of sp³-hybridized carbons (Fsp3) is 0.545. The van der Waals surface area contributed by atoms with E-state index >= 15 is 0 Å². The molecule has 0 spiro atoms. The van der Waals surface area contributed by atoms with Gasteiger partial charge in [-0.2, -0.15) is 0 Å². The third kappa shape index (κ3) is 1.75. The van der Waals surface area contributed by atoms with Crippen LogP contribution < -0.4 is 5.73 Å². The second kappa shape index (κ2) is 4.63. The molecular weight excluding hydrogens is 266 g/mol. The minimum atomic E-state index is -1.38. The summed E-state index contributed by atoms with van der Waals surface area (Å²) in [6.45, 7) is -0.962. The third-order valence-electron chi connectivity index (χ3n) is 3.64. The summed E-state index contributed by atoms with van der Waals surface area (Å²) in [5, 5.41) is 28.7. The van der Waals surface area contributed by atoms with Crippen LogP contribution in [0.25, 0.3) is 11.2 Å². The van der Waals surface area contributed by atoms with Crippen LogP contribution in [-0.4, -0.2) is 59.8 Å². The number of ether oxygens (including phenoxy) is 1. The van der Waals surface area contributed by atoms with E-state index in [-0.39, 0.29) is 12.2 Å². The van der Waals surface area contributed by atoms with E-state index in [0.717, 1.165) is 0 Å². The van der Waals surface area contributed by atoms with Gasteiger partial charge in [-0.1, -0.05) is 0 Å². The van der Waals surface area contributed by atoms with Crippen molar-refractivity contribution in [3.63, 3.8) is 0 Å². The lowest BCUT2D eigenvalue weighted by molar-refractivity contribution is -0.148. The Balaban J connectivity index is 1.99. The van der Waals surface area contributed by atoms with Crippen molar-refractivity contribution in [2.45, 2.75) is 24.4 Å². The first-order valence-electron chi connectivity index (χ1n) is 6.12. The van der Waals surface area contributed by atoms with Gasteiger partial charge in [0.2, 0.25) is 0 Å². The Labute approximate surface area is 113 Å². The van der Waals surface area contributed by atoms with Gasteiger partial charge in [-0.05, 0) is 0 Å². The summed E-state index contributed by atoms with van der Waals surface area (Å²) < 4.78 is 7.22. The monoisotopic (exact) mass is 281 g/mol. The first kappa shape index (κ1) is 13.2. The van der Waals surface area contributed by atoms with Crippen molar-refractivity contribution < 1.29 is 20.1 Å². The number of hydrogen-bond acceptors (Lipinski definition) is 8. The molecule has 9 nitrogen and oxygen atoms in total. The zero-order valence-electron chi connectivity index (χ0n) is 10.5. The number of nitrogen functional groups attached to an aromatic ring is 1. The number of nitrogens with two attached hydrogens (primary N) is 1. The van der Waals surface area contributed by atoms with Crippen molar-refractivity contribution in [3.05, 3.63) is 12.7 Å². The number of fused-ring (bicyclic) bond motifs is 1. The summed E-state index contributed by atoms with van der Waals surface area (Å²) in [5.41, 5.74) is 5.24. The van der Waals surface area contributed by atoms with Crippen molar-refractivity contribution in [2.24, 2.45) is 0 Å². The summed E-state index contributed by atoms with van der Waals surface area (Å²) in [5.74, 6) is 0.253. The molecule has 1 aliphatic heterocycles. The Morgan fingerprint density at radius 1 is 1.35 bits per heavy atom. The second-order valence-corrected chi connectivity index (χ2v) is 4.79. The van der Waals surface area contributed by atoms with Crippen LogP contribution in [0.1, 0.15) is 12.6 Å². The minimum Gasteiger partial charge on any atom is -0.393 e. The molecule has 9 heteroatoms. The maximum Gasteiger partial charge on any atom is 0.167 e. The molecule has 108 valence electrons. The highest BCUT2D eigenvalue weighted by molar-refractivity contribution is 5.81. The Morgan fingerprint density at radius 3 is 2.75 bits per heavy atom. The first-order valence-corrected chi connectivity index (χ1v) is 6.12. The topological polar surface area (TPSA) is 140 Å². The molecule has 0 unspecified atom stereocenters. The predicted molar refractivity (Wildman–Crippen MR) is 67.4 cm³/mol. The Kier molecular flexibility index (Phi) is 3.05. The summed E-state index contributed by atoms with van der Waals surface area (Å²) in [7, 11) is 0. The van der Waals surface area contributed by atoms with Crippen LogP contribution in [0, 0.1) is 0 Å². The van der Waals surface area contributed by atoms with E-state index in [1.165, 1.54) is 12.7 Å². The normalized spacial score (nSPS) is 25.4. The molecule has 1 fully saturated rings. The molecule has 0 bridgehead atoms. The van der Waals surface area contributed by atoms with Crippen molar-refractivity contribution >= 4 is 17.0 Å². The highest BCUT2D eigenvalue weighted by atomic mass is 16.6. The summed E-state index contributed by atoms with van der Waals surface area (Å²) >= 11 is 0. The van der Waals surface area contributed by atoms with E-state index < -0.39 is 31.1 Å². The van der Waals surface area contributed by atoms with Gasteiger partial charge < -0.3 is 25.8 Å². The molecule has 0 amide bonds. The van der Waals surface area contributed by atoms with E-state index in [2.05, 4.69) is 15.0 Å². The number of nitrogens with zero attached hydrogens (tertiary/aromatic N) is 4. The van der Waals surface area contributed by atoms with E-state index in [9.17, 15) is 15.3 Å². The lowest BCUT2D eigenvalue weighted by Gasteiger charge is -2.27. The number of aromatic nitrogens is 4. The number of rotatable bonds is 3. The molecule has 2 aromatic heterocycles. The molecule has 0 radical (unpaired) electrons. The van der Waals surface area contributed by atoms with Gasteiger partial charge in [0, 0.05) is 6.42 Å². The van der Waals surface area contributed by atoms with E-state index in [4.69, 9.17) is 10.5 Å². The molecule has 0 aliphatic carbocycles. The van der Waals surface area contributed by atoms with Gasteiger partial charge in [0.1, 0.15) is 23.7 Å². The first-order chi connectivity index (χ1) is 9.61. The molecule has 20 heavy (non-hydrogen) atoms. The van der Waals surface area contributed by atoms with E-state index in [1.54, 1.807) is 4.57 Å². The van der Waals surface area contributed by atoms with Crippen LogP contribution in [-0.2, 0) is 4.74 Å². The Bertz CT molecular complexity index is 626. The number of aliphatic hydroxyl groups excluding tert-OH is 3. The maximum atomic E-state index is 10.00. The van der Waals surface area contributed by atoms with Gasteiger partial charge in [-0.15, -0.1) is 0 Å². The fourth-order valence-electron chi connectivity index (χ4n) is 2.39. The number of anilines is 1. The lowest BCUT2D eigenvalue weighted by atomic mass is 9.99. The molecule has 3 heterocycles. The molecule has 0 saturated carbocycles. The third-order valence-corrected chi connectivity index (χ3v) is 3.64. The zero-order valence-corrected chi connectivity index (χ0v) is 10.5. The van der Waals surface area contributed by atoms with Crippen LogP contribution in [0.4, 0.5) is 5.82 Å². The molecule has 1 saturated heterocycles. The molecule has 3 rings (SSSR count). The maximum absolute atomic E-state index is 10.00. The predicted octanol–water partition coefficient (Wildman–Crippen LogP) is -1.59.